The van der Waals surface area contributed by atoms with E-state index in [1.165, 1.54) is 37.2 Å². The molecule has 0 aromatic heterocycles. The summed E-state index contributed by atoms with van der Waals surface area (Å²) in [5, 5.41) is 3.76. The van der Waals surface area contributed by atoms with Crippen molar-refractivity contribution < 1.29 is 4.79 Å². The van der Waals surface area contributed by atoms with Crippen LogP contribution in [-0.2, 0) is 4.79 Å². The summed E-state index contributed by atoms with van der Waals surface area (Å²) in [6.45, 7) is 5.52. The van der Waals surface area contributed by atoms with Gasteiger partial charge in [-0.15, -0.1) is 0 Å². The molecule has 3 nitrogen and oxygen atoms in total. The van der Waals surface area contributed by atoms with Crippen LogP contribution in [0.2, 0.25) is 0 Å². The third-order valence-electron chi connectivity index (χ3n) is 5.44. The average molecular weight is 311 g/mol. The molecule has 1 spiro atoms. The number of amides is 1. The van der Waals surface area contributed by atoms with E-state index in [0.717, 1.165) is 31.7 Å². The van der Waals surface area contributed by atoms with Crippen LogP contribution in [-0.4, -0.2) is 40.6 Å². The van der Waals surface area contributed by atoms with Gasteiger partial charge in [-0.25, -0.2) is 0 Å². The summed E-state index contributed by atoms with van der Waals surface area (Å²) < 4.78 is 0. The van der Waals surface area contributed by atoms with Gasteiger partial charge in [-0.3, -0.25) is 10.1 Å². The number of hydrogen-bond acceptors (Lipinski definition) is 3. The molecule has 2 heterocycles. The van der Waals surface area contributed by atoms with Crippen molar-refractivity contribution in [2.75, 3.05) is 18.1 Å². The molecular weight excluding hydrogens is 280 g/mol. The van der Waals surface area contributed by atoms with Crippen LogP contribution in [0.4, 0.5) is 0 Å². The number of carbonyl (C=O) groups excluding carboxylic acids is 1. The highest BCUT2D eigenvalue weighted by Crippen LogP contribution is 2.38. The van der Waals surface area contributed by atoms with Crippen LogP contribution in [0, 0.1) is 11.8 Å². The van der Waals surface area contributed by atoms with Gasteiger partial charge in [0.05, 0.1) is 11.7 Å². The predicted octanol–water partition coefficient (Wildman–Crippen LogP) is 3.25. The van der Waals surface area contributed by atoms with E-state index in [4.69, 9.17) is 0 Å². The van der Waals surface area contributed by atoms with Crippen molar-refractivity contribution in [2.45, 2.75) is 70.5 Å². The summed E-state index contributed by atoms with van der Waals surface area (Å²) >= 11 is 2.07. The Morgan fingerprint density at radius 1 is 1.29 bits per heavy atom. The van der Waals surface area contributed by atoms with Crippen LogP contribution < -0.4 is 5.32 Å². The summed E-state index contributed by atoms with van der Waals surface area (Å²) in [6, 6.07) is 0. The molecule has 2 aliphatic heterocycles. The van der Waals surface area contributed by atoms with E-state index in [2.05, 4.69) is 35.8 Å². The summed E-state index contributed by atoms with van der Waals surface area (Å²) in [5.74, 6) is 4.34. The molecule has 0 radical (unpaired) electrons. The Morgan fingerprint density at radius 3 is 2.57 bits per heavy atom. The van der Waals surface area contributed by atoms with Crippen molar-refractivity contribution in [3.8, 4) is 0 Å². The van der Waals surface area contributed by atoms with Crippen LogP contribution in [0.15, 0.2) is 0 Å². The zero-order valence-corrected chi connectivity index (χ0v) is 14.4. The molecule has 2 saturated heterocycles. The second-order valence-electron chi connectivity index (χ2n) is 7.59. The fraction of sp³-hybridized carbons (Fsp3) is 0.941. The van der Waals surface area contributed by atoms with Crippen LogP contribution in [0.25, 0.3) is 0 Å². The van der Waals surface area contributed by atoms with Crippen molar-refractivity contribution in [2.24, 2.45) is 11.8 Å². The van der Waals surface area contributed by atoms with E-state index >= 15 is 0 Å². The molecular formula is C17H30N2OS. The van der Waals surface area contributed by atoms with Crippen molar-refractivity contribution in [3.63, 3.8) is 0 Å². The number of hydrogen-bond donors (Lipinski definition) is 1. The van der Waals surface area contributed by atoms with Crippen LogP contribution in [0.3, 0.4) is 0 Å². The molecule has 3 rings (SSSR count). The minimum Gasteiger partial charge on any atom is -0.325 e. The third kappa shape index (κ3) is 3.26. The molecule has 0 aromatic rings. The fourth-order valence-electron chi connectivity index (χ4n) is 4.26. The van der Waals surface area contributed by atoms with Gasteiger partial charge in [-0.2, -0.15) is 11.8 Å². The molecule has 3 fully saturated rings. The van der Waals surface area contributed by atoms with Gasteiger partial charge < -0.3 is 4.90 Å². The lowest BCUT2D eigenvalue weighted by Crippen LogP contribution is -2.45. The Labute approximate surface area is 133 Å². The first kappa shape index (κ1) is 15.7. The first-order valence-corrected chi connectivity index (χ1v) is 9.93. The second kappa shape index (κ2) is 6.49. The molecule has 120 valence electrons. The maximum absolute atomic E-state index is 13.1. The molecule has 1 N–H and O–H groups in total. The number of thioether (sulfide) groups is 1. The second-order valence-corrected chi connectivity index (χ2v) is 8.82. The van der Waals surface area contributed by atoms with Crippen molar-refractivity contribution in [1.29, 1.82) is 0 Å². The summed E-state index contributed by atoms with van der Waals surface area (Å²) in [6.07, 6.45) is 8.47. The molecule has 1 unspecified atom stereocenters. The molecule has 3 aliphatic rings. The number of carbonyl (C=O) groups is 1. The predicted molar refractivity (Wildman–Crippen MR) is 89.3 cm³/mol. The van der Waals surface area contributed by atoms with Crippen molar-refractivity contribution in [3.05, 3.63) is 0 Å². The molecule has 4 heteroatoms. The minimum atomic E-state index is -0.191. The number of nitrogens with zero attached hydrogens (tertiary/aromatic N) is 1. The lowest BCUT2D eigenvalue weighted by Gasteiger charge is -2.31. The molecule has 0 bridgehead atoms. The van der Waals surface area contributed by atoms with E-state index in [9.17, 15) is 4.79 Å². The standard InChI is InChI=1S/C17H30N2OS/c1-13(2)11-15-18-17(7-3-4-8-17)16(20)19(15)12-14-5-9-21-10-6-14/h13-15,18H,3-12H2,1-2H3. The Morgan fingerprint density at radius 2 is 1.95 bits per heavy atom. The lowest BCUT2D eigenvalue weighted by molar-refractivity contribution is -0.133. The SMILES string of the molecule is CC(C)CC1NC2(CCCC2)C(=O)N1CC1CCSCC1. The third-order valence-corrected chi connectivity index (χ3v) is 6.49. The van der Waals surface area contributed by atoms with Gasteiger partial charge in [0.15, 0.2) is 0 Å². The molecule has 1 saturated carbocycles. The first-order chi connectivity index (χ1) is 10.1. The zero-order valence-electron chi connectivity index (χ0n) is 13.6. The van der Waals surface area contributed by atoms with Gasteiger partial charge in [-0.05, 0) is 55.4 Å². The smallest absolute Gasteiger partial charge is 0.244 e. The van der Waals surface area contributed by atoms with Gasteiger partial charge in [0.25, 0.3) is 0 Å². The molecule has 1 aliphatic carbocycles. The highest BCUT2D eigenvalue weighted by molar-refractivity contribution is 7.99. The summed E-state index contributed by atoms with van der Waals surface area (Å²) in [5.41, 5.74) is -0.191. The van der Waals surface area contributed by atoms with Gasteiger partial charge in [0.2, 0.25) is 5.91 Å². The monoisotopic (exact) mass is 310 g/mol. The normalized spacial score (nSPS) is 30.0. The summed E-state index contributed by atoms with van der Waals surface area (Å²) in [7, 11) is 0. The highest BCUT2D eigenvalue weighted by atomic mass is 32.2. The van der Waals surface area contributed by atoms with E-state index in [1.807, 2.05) is 0 Å². The fourth-order valence-corrected chi connectivity index (χ4v) is 5.47. The zero-order chi connectivity index (χ0) is 14.9. The number of rotatable bonds is 4. The summed E-state index contributed by atoms with van der Waals surface area (Å²) in [4.78, 5) is 15.3. The van der Waals surface area contributed by atoms with Gasteiger partial charge in [-0.1, -0.05) is 26.7 Å². The van der Waals surface area contributed by atoms with Crippen LogP contribution in [0.5, 0.6) is 0 Å². The molecule has 1 atom stereocenters. The van der Waals surface area contributed by atoms with E-state index < -0.39 is 0 Å². The van der Waals surface area contributed by atoms with Crippen molar-refractivity contribution >= 4 is 17.7 Å². The van der Waals surface area contributed by atoms with E-state index in [1.54, 1.807) is 0 Å². The highest BCUT2D eigenvalue weighted by Gasteiger charge is 2.52. The van der Waals surface area contributed by atoms with Crippen molar-refractivity contribution in [1.82, 2.24) is 10.2 Å². The maximum Gasteiger partial charge on any atom is 0.244 e. The molecule has 1 amide bonds. The van der Waals surface area contributed by atoms with Gasteiger partial charge >= 0.3 is 0 Å². The lowest BCUT2D eigenvalue weighted by atomic mass is 9.97. The first-order valence-electron chi connectivity index (χ1n) is 8.77. The Bertz CT molecular complexity index is 373. The van der Waals surface area contributed by atoms with Gasteiger partial charge in [0.1, 0.15) is 0 Å². The topological polar surface area (TPSA) is 32.3 Å². The van der Waals surface area contributed by atoms with Gasteiger partial charge in [0, 0.05) is 6.54 Å². The van der Waals surface area contributed by atoms with E-state index in [-0.39, 0.29) is 11.7 Å². The Balaban J connectivity index is 1.71. The van der Waals surface area contributed by atoms with Crippen LogP contribution >= 0.6 is 11.8 Å². The Kier molecular flexibility index (Phi) is 4.84. The molecule has 0 aromatic carbocycles. The molecule has 21 heavy (non-hydrogen) atoms. The maximum atomic E-state index is 13.1. The average Bonchev–Trinajstić information content (AvgIpc) is 3.02. The largest absolute Gasteiger partial charge is 0.325 e. The Hall–Kier alpha value is -0.220. The quantitative estimate of drug-likeness (QED) is 0.865. The minimum absolute atomic E-state index is 0.191. The number of nitrogens with one attached hydrogen (secondary N) is 1. The van der Waals surface area contributed by atoms with Crippen LogP contribution in [0.1, 0.15) is 58.8 Å². The van der Waals surface area contributed by atoms with E-state index in [0.29, 0.717) is 11.8 Å².